The van der Waals surface area contributed by atoms with Gasteiger partial charge >= 0.3 is 0 Å². The zero-order valence-electron chi connectivity index (χ0n) is 33.2. The fourth-order valence-electron chi connectivity index (χ4n) is 3.07. The van der Waals surface area contributed by atoms with Gasteiger partial charge in [-0.05, 0) is 19.0 Å². The Labute approximate surface area is 695 Å². The third kappa shape index (κ3) is 77.9. The SMILES string of the molecule is [2H][C@@H]1C(CO[C@@H]2OC(CC)[C@@H](C)C(O)[C@@H]2[NH-])O[C@H]([B])[C@@H]([NH-])C1C.[CH2-][C@@H](C)F.[CH2-][C@@H](C)O.[CH2-][C@@H](C)O.[CH3-].[CH3-].[Y].[Y].[Y].[Y].[Y].[Y].[Y].[Y].[Y].[Y].[Y].[Y].[Y].[Y].[Y]. The van der Waals surface area contributed by atoms with Crippen molar-refractivity contribution >= 4 is 7.85 Å². The van der Waals surface area contributed by atoms with Crippen LogP contribution in [0, 0.1) is 47.5 Å². The van der Waals surface area contributed by atoms with Crippen LogP contribution in [0.3, 0.4) is 0 Å². The fraction of sp³-hybridized carbons (Fsp3) is 0.808. The number of hydrogen-bond acceptors (Lipinski definition) is 6. The smallest absolute Gasteiger partial charge is 0.144 e. The van der Waals surface area contributed by atoms with Crippen LogP contribution in [0.5, 0.6) is 0 Å². The van der Waals surface area contributed by atoms with Gasteiger partial charge in [-0.1, -0.05) is 65.7 Å². The van der Waals surface area contributed by atoms with Crippen molar-refractivity contribution in [2.45, 2.75) is 115 Å². The molecule has 0 amide bonds. The summed E-state index contributed by atoms with van der Waals surface area (Å²) in [7, 11) is 5.78. The first-order valence-electron chi connectivity index (χ1n) is 12.2. The van der Waals surface area contributed by atoms with Gasteiger partial charge in [0.1, 0.15) is 14.1 Å². The normalized spacial score (nSPS) is 27.0. The van der Waals surface area contributed by atoms with Gasteiger partial charge in [-0.15, -0.1) is 6.04 Å². The maximum Gasteiger partial charge on any atom is 0.144 e. The van der Waals surface area contributed by atoms with E-state index in [1.165, 1.54) is 6.92 Å². The van der Waals surface area contributed by atoms with Crippen LogP contribution >= 0.6 is 0 Å². The zero-order valence-corrected chi connectivity index (χ0v) is 74.8. The summed E-state index contributed by atoms with van der Waals surface area (Å²) in [6.07, 6.45) is -4.01. The molecule has 5 N–H and O–H groups in total. The van der Waals surface area contributed by atoms with E-state index in [2.05, 4.69) is 20.8 Å². The van der Waals surface area contributed by atoms with Crippen LogP contribution in [-0.4, -0.2) is 90.8 Å². The summed E-state index contributed by atoms with van der Waals surface area (Å²) >= 11 is 0. The molecule has 0 aliphatic carbocycles. The molecule has 2 fully saturated rings. The van der Waals surface area contributed by atoms with Gasteiger partial charge in [0.15, 0.2) is 0 Å². The molecule has 2 heterocycles. The van der Waals surface area contributed by atoms with E-state index in [-0.39, 0.29) is 530 Å². The number of hydrogen-bond donors (Lipinski definition) is 3. The Morgan fingerprint density at radius 2 is 1.08 bits per heavy atom. The van der Waals surface area contributed by atoms with Crippen molar-refractivity contribution < 1.29 is 526 Å². The minimum absolute atomic E-state index is 0. The molecule has 0 aromatic carbocycles. The largest absolute Gasteiger partial charge is 0.673 e. The van der Waals surface area contributed by atoms with E-state index in [0.717, 1.165) is 6.42 Å². The van der Waals surface area contributed by atoms with E-state index < -0.39 is 61.4 Å². The quantitative estimate of drug-likeness (QED) is 0.284. The molecule has 13 atom stereocenters. The van der Waals surface area contributed by atoms with Crippen LogP contribution in [0.4, 0.5) is 4.39 Å². The number of aliphatic hydroxyl groups excluding tert-OH is 3. The van der Waals surface area contributed by atoms with Gasteiger partial charge < -0.3 is 76.6 Å². The monoisotopic (exact) mass is 1850 g/mol. The van der Waals surface area contributed by atoms with Crippen LogP contribution in [0.1, 0.15) is 55.7 Å². The van der Waals surface area contributed by atoms with Crippen molar-refractivity contribution in [3.8, 4) is 0 Å². The Kier molecular flexibility index (Phi) is 198. The first kappa shape index (κ1) is 122. The second kappa shape index (κ2) is 83.1. The molecule has 25 heteroatoms. The number of halogens is 1. The Morgan fingerprint density at radius 3 is 1.35 bits per heavy atom. The molecule has 2 aliphatic heterocycles. The summed E-state index contributed by atoms with van der Waals surface area (Å²) in [5, 5.41) is 26.1. The second-order valence-corrected chi connectivity index (χ2v) is 8.86. The van der Waals surface area contributed by atoms with Crippen LogP contribution in [0.15, 0.2) is 0 Å². The minimum Gasteiger partial charge on any atom is -0.673 e. The molecular formula is C26H53BFN2O6Y15-7. The van der Waals surface area contributed by atoms with Gasteiger partial charge in [0.25, 0.3) is 0 Å². The molecule has 0 aromatic rings. The third-order valence-corrected chi connectivity index (χ3v) is 4.69. The molecule has 0 bridgehead atoms. The van der Waals surface area contributed by atoms with Gasteiger partial charge in [-0.3, -0.25) is 4.39 Å². The van der Waals surface area contributed by atoms with E-state index >= 15 is 0 Å². The molecule has 0 aromatic heterocycles. The summed E-state index contributed by atoms with van der Waals surface area (Å²) in [6.45, 7) is 19.7. The van der Waals surface area contributed by atoms with Crippen molar-refractivity contribution in [2.24, 2.45) is 11.8 Å². The average Bonchev–Trinajstić information content (AvgIpc) is 2.72. The van der Waals surface area contributed by atoms with Crippen LogP contribution in [0.25, 0.3) is 11.5 Å². The van der Waals surface area contributed by atoms with Crippen LogP contribution in [-0.2, 0) is 505 Å². The van der Waals surface area contributed by atoms with Crippen LogP contribution in [0.2, 0.25) is 0 Å². The zero-order chi connectivity index (χ0) is 28.0. The summed E-state index contributed by atoms with van der Waals surface area (Å²) in [4.78, 5) is 0. The average molecular weight is 1850 g/mol. The maximum atomic E-state index is 10.9. The fourth-order valence-corrected chi connectivity index (χ4v) is 3.07. The third-order valence-electron chi connectivity index (χ3n) is 4.69. The molecule has 17 radical (unpaired) electrons. The predicted molar refractivity (Wildman–Crippen MR) is 147 cm³/mol. The molecule has 51 heavy (non-hydrogen) atoms. The number of aliphatic hydroxyl groups is 3. The Balaban J connectivity index is -0.0000000197. The van der Waals surface area contributed by atoms with Crippen molar-refractivity contribution in [2.75, 3.05) is 6.61 Å². The first-order chi connectivity index (χ1) is 16.0. The Bertz CT molecular complexity index is 548. The first-order valence-corrected chi connectivity index (χ1v) is 11.7. The van der Waals surface area contributed by atoms with E-state index in [0.29, 0.717) is 0 Å². The number of nitrogens with one attached hydrogen (secondary N) is 2. The van der Waals surface area contributed by atoms with Gasteiger partial charge in [0, 0.05) is 510 Å². The van der Waals surface area contributed by atoms with Crippen molar-refractivity contribution in [1.82, 2.24) is 0 Å². The van der Waals surface area contributed by atoms with Crippen molar-refractivity contribution in [1.29, 1.82) is 0 Å². The summed E-state index contributed by atoms with van der Waals surface area (Å²) in [5.74, 6) is -0.338. The van der Waals surface area contributed by atoms with Gasteiger partial charge in [0.2, 0.25) is 0 Å². The molecular weight excluding hydrogens is 1800 g/mol. The van der Waals surface area contributed by atoms with Gasteiger partial charge in [0.05, 0.1) is 18.8 Å². The van der Waals surface area contributed by atoms with E-state index in [1.807, 2.05) is 20.8 Å². The molecule has 4 unspecified atom stereocenters. The van der Waals surface area contributed by atoms with Gasteiger partial charge in [-0.25, -0.2) is 0 Å². The molecule has 8 nitrogen and oxygen atoms in total. The number of alkyl halides is 1. The molecule has 0 spiro atoms. The van der Waals surface area contributed by atoms with E-state index in [1.54, 1.807) is 13.8 Å². The second-order valence-electron chi connectivity index (χ2n) is 8.86. The molecule has 265 valence electrons. The summed E-state index contributed by atoms with van der Waals surface area (Å²) in [5.41, 5.74) is 15.9. The standard InChI is InChI=1S/C15H27BN2O4.C3H6F.2C3H7O.2CH3.15Y/c1-4-10-8(3)13(19)12(18)15(22-10)20-6-9-5-7(2)11(17)14(16)21-9;3*1-3(2)4;;;;;;;;;;;;;;;;;/h7-15,17-19H,4-6H2,1-3H3;3H,1H2,2H3;2*3-4H,1H2,2H3;2*1H3;;;;;;;;;;;;;;;/q-2;5*-1;;;;;;;;;;;;;;;/t7?,8-,9?,10?,11+,12+,13?,14+,15-;3*3-;;;;;;;;;;;;;;;;;/m1000................./s1/i5D;;;;;;;;;;;;;;;;;;;;/t5-,7?,8+,9?,10?,11-,12-,13?,14-,15+;;;;;;;;;;;;;;;;;;;;/m0..................... The molecule has 2 rings (SSSR count). The maximum absolute atomic E-state index is 10.9. The Morgan fingerprint density at radius 1 is 0.784 bits per heavy atom. The minimum atomic E-state index is -0.917. The molecule has 2 aliphatic rings. The number of ether oxygens (including phenoxy) is 3. The van der Waals surface area contributed by atoms with E-state index in [4.69, 9.17) is 45.1 Å². The predicted octanol–water partition coefficient (Wildman–Crippen LogP) is 4.34. The summed E-state index contributed by atoms with van der Waals surface area (Å²) < 4.78 is 36.0. The molecule has 2 saturated heterocycles. The van der Waals surface area contributed by atoms with Crippen LogP contribution < -0.4 is 0 Å². The van der Waals surface area contributed by atoms with Crippen molar-refractivity contribution in [3.63, 3.8) is 0 Å². The van der Waals surface area contributed by atoms with E-state index in [9.17, 15) is 9.50 Å². The summed E-state index contributed by atoms with van der Waals surface area (Å²) in [6, 6.07) is -2.26. The number of rotatable bonds is 4. The van der Waals surface area contributed by atoms with Gasteiger partial charge in [-0.2, -0.15) is 0 Å². The topological polar surface area (TPSA) is 136 Å². The Hall–Kier alpha value is 16.2. The van der Waals surface area contributed by atoms with Crippen molar-refractivity contribution in [3.05, 3.63) is 47.1 Å². The molecule has 0 saturated carbocycles.